The number of nitro groups is 1. The molecule has 0 bridgehead atoms. The summed E-state index contributed by atoms with van der Waals surface area (Å²) in [6.07, 6.45) is 0.353. The van der Waals surface area contributed by atoms with Gasteiger partial charge in [-0.05, 0) is 0 Å². The molecule has 1 N–H and O–H groups in total. The molecule has 0 fully saturated rings. The van der Waals surface area contributed by atoms with E-state index in [1.807, 2.05) is 0 Å². The van der Waals surface area contributed by atoms with Crippen LogP contribution in [-0.4, -0.2) is 21.0 Å². The second-order valence-corrected chi connectivity index (χ2v) is 4.60. The van der Waals surface area contributed by atoms with Gasteiger partial charge in [0.25, 0.3) is 5.69 Å². The fraction of sp³-hybridized carbons (Fsp3) is 0.182. The molecule has 0 spiro atoms. The maximum Gasteiger partial charge on any atom is 0.270 e. The van der Waals surface area contributed by atoms with Crippen molar-refractivity contribution in [2.45, 2.75) is 13.3 Å². The van der Waals surface area contributed by atoms with E-state index in [2.05, 4.69) is 15.5 Å². The smallest absolute Gasteiger partial charge is 0.270 e. The summed E-state index contributed by atoms with van der Waals surface area (Å²) in [5.41, 5.74) is 0.593. The number of benzene rings is 1. The van der Waals surface area contributed by atoms with Crippen LogP contribution >= 0.6 is 11.3 Å². The fourth-order valence-corrected chi connectivity index (χ4v) is 2.11. The normalized spacial score (nSPS) is 10.2. The first-order valence-electron chi connectivity index (χ1n) is 5.48. The Labute approximate surface area is 112 Å². The van der Waals surface area contributed by atoms with Gasteiger partial charge in [0.2, 0.25) is 11.0 Å². The van der Waals surface area contributed by atoms with Gasteiger partial charge in [0, 0.05) is 24.1 Å². The average molecular weight is 278 g/mol. The van der Waals surface area contributed by atoms with Crippen LogP contribution in [0.2, 0.25) is 0 Å². The van der Waals surface area contributed by atoms with Gasteiger partial charge in [0.1, 0.15) is 5.01 Å². The summed E-state index contributed by atoms with van der Waals surface area (Å²) in [7, 11) is 0. The van der Waals surface area contributed by atoms with E-state index in [4.69, 9.17) is 0 Å². The zero-order valence-corrected chi connectivity index (χ0v) is 10.8. The van der Waals surface area contributed by atoms with Crippen LogP contribution in [0.3, 0.4) is 0 Å². The Morgan fingerprint density at radius 1 is 1.47 bits per heavy atom. The lowest BCUT2D eigenvalue weighted by atomic mass is 10.2. The van der Waals surface area contributed by atoms with E-state index in [9.17, 15) is 14.9 Å². The molecule has 98 valence electrons. The van der Waals surface area contributed by atoms with Crippen molar-refractivity contribution < 1.29 is 9.72 Å². The summed E-state index contributed by atoms with van der Waals surface area (Å²) in [5.74, 6) is -0.151. The maximum atomic E-state index is 11.2. The summed E-state index contributed by atoms with van der Waals surface area (Å²) < 4.78 is 0. The molecule has 2 rings (SSSR count). The Kier molecular flexibility index (Phi) is 3.81. The second-order valence-electron chi connectivity index (χ2n) is 3.62. The van der Waals surface area contributed by atoms with Crippen LogP contribution in [-0.2, 0) is 4.79 Å². The highest BCUT2D eigenvalue weighted by Crippen LogP contribution is 2.28. The van der Waals surface area contributed by atoms with Crippen LogP contribution in [0, 0.1) is 10.1 Å². The molecule has 8 heteroatoms. The number of aromatic nitrogens is 2. The van der Waals surface area contributed by atoms with Crippen LogP contribution in [0.25, 0.3) is 10.6 Å². The van der Waals surface area contributed by atoms with E-state index in [1.54, 1.807) is 19.1 Å². The standard InChI is InChI=1S/C11H10N4O3S/c1-2-9(16)12-11-14-13-10(19-11)7-4-3-5-8(6-7)15(17)18/h3-6H,2H2,1H3,(H,12,14,16). The van der Waals surface area contributed by atoms with Gasteiger partial charge in [-0.15, -0.1) is 10.2 Å². The van der Waals surface area contributed by atoms with Crippen LogP contribution in [0.1, 0.15) is 13.3 Å². The fourth-order valence-electron chi connectivity index (χ4n) is 1.35. The molecule has 7 nitrogen and oxygen atoms in total. The molecule has 0 saturated heterocycles. The molecule has 1 aromatic carbocycles. The third kappa shape index (κ3) is 3.10. The molecule has 1 aromatic heterocycles. The van der Waals surface area contributed by atoms with E-state index in [-0.39, 0.29) is 11.6 Å². The van der Waals surface area contributed by atoms with E-state index in [0.717, 1.165) is 0 Å². The van der Waals surface area contributed by atoms with Crippen molar-refractivity contribution in [2.75, 3.05) is 5.32 Å². The minimum Gasteiger partial charge on any atom is -0.301 e. The molecule has 0 radical (unpaired) electrons. The van der Waals surface area contributed by atoms with Gasteiger partial charge in [-0.3, -0.25) is 14.9 Å². The molecule has 0 atom stereocenters. The molecule has 0 unspecified atom stereocenters. The number of nitrogens with zero attached hydrogens (tertiary/aromatic N) is 3. The van der Waals surface area contributed by atoms with Gasteiger partial charge in [-0.1, -0.05) is 30.4 Å². The molecule has 0 aliphatic carbocycles. The Hall–Kier alpha value is -2.35. The topological polar surface area (TPSA) is 98.0 Å². The van der Waals surface area contributed by atoms with E-state index >= 15 is 0 Å². The van der Waals surface area contributed by atoms with Crippen molar-refractivity contribution in [3.63, 3.8) is 0 Å². The Bertz CT molecular complexity index is 626. The number of hydrogen-bond acceptors (Lipinski definition) is 6. The Balaban J connectivity index is 2.25. The van der Waals surface area contributed by atoms with Crippen molar-refractivity contribution in [3.8, 4) is 10.6 Å². The number of rotatable bonds is 4. The zero-order valence-electron chi connectivity index (χ0n) is 9.99. The number of anilines is 1. The average Bonchev–Trinajstić information content (AvgIpc) is 2.87. The molecule has 1 heterocycles. The first-order chi connectivity index (χ1) is 9.10. The highest BCUT2D eigenvalue weighted by atomic mass is 32.1. The monoisotopic (exact) mass is 278 g/mol. The number of nitrogens with one attached hydrogen (secondary N) is 1. The largest absolute Gasteiger partial charge is 0.301 e. The number of carbonyl (C=O) groups excluding carboxylic acids is 1. The highest BCUT2D eigenvalue weighted by Gasteiger charge is 2.12. The quantitative estimate of drug-likeness (QED) is 0.684. The predicted octanol–water partition coefficient (Wildman–Crippen LogP) is 2.46. The summed E-state index contributed by atoms with van der Waals surface area (Å²) in [6, 6.07) is 6.12. The van der Waals surface area contributed by atoms with Crippen molar-refractivity contribution >= 4 is 28.1 Å². The molecule has 0 saturated carbocycles. The lowest BCUT2D eigenvalue weighted by Gasteiger charge is -1.96. The number of nitro benzene ring substituents is 1. The maximum absolute atomic E-state index is 11.2. The van der Waals surface area contributed by atoms with Crippen molar-refractivity contribution in [3.05, 3.63) is 34.4 Å². The van der Waals surface area contributed by atoms with Crippen LogP contribution in [0.5, 0.6) is 0 Å². The van der Waals surface area contributed by atoms with Gasteiger partial charge in [-0.2, -0.15) is 0 Å². The first kappa shape index (κ1) is 13.1. The second kappa shape index (κ2) is 5.53. The Morgan fingerprint density at radius 2 is 2.26 bits per heavy atom. The highest BCUT2D eigenvalue weighted by molar-refractivity contribution is 7.18. The van der Waals surface area contributed by atoms with Crippen LogP contribution in [0.15, 0.2) is 24.3 Å². The van der Waals surface area contributed by atoms with E-state index in [1.165, 1.54) is 23.5 Å². The SMILES string of the molecule is CCC(=O)Nc1nnc(-c2cccc([N+](=O)[O-])c2)s1. The number of non-ortho nitro benzene ring substituents is 1. The van der Waals surface area contributed by atoms with Gasteiger partial charge in [-0.25, -0.2) is 0 Å². The minimum absolute atomic E-state index is 0.00755. The number of hydrogen-bond donors (Lipinski definition) is 1. The van der Waals surface area contributed by atoms with Crippen LogP contribution < -0.4 is 5.32 Å². The van der Waals surface area contributed by atoms with Gasteiger partial charge in [0.15, 0.2) is 0 Å². The first-order valence-corrected chi connectivity index (χ1v) is 6.30. The minimum atomic E-state index is -0.468. The molecule has 0 aliphatic rings. The van der Waals surface area contributed by atoms with Crippen molar-refractivity contribution in [2.24, 2.45) is 0 Å². The van der Waals surface area contributed by atoms with Gasteiger partial charge in [0.05, 0.1) is 4.92 Å². The molecule has 0 aliphatic heterocycles. The van der Waals surface area contributed by atoms with Crippen molar-refractivity contribution in [1.29, 1.82) is 0 Å². The van der Waals surface area contributed by atoms with Gasteiger partial charge < -0.3 is 5.32 Å². The summed E-state index contributed by atoms with van der Waals surface area (Å²) >= 11 is 1.17. The van der Waals surface area contributed by atoms with Gasteiger partial charge >= 0.3 is 0 Å². The number of carbonyl (C=O) groups is 1. The Morgan fingerprint density at radius 3 is 2.95 bits per heavy atom. The summed E-state index contributed by atoms with van der Waals surface area (Å²) in [6.45, 7) is 1.73. The molecule has 2 aromatic rings. The third-order valence-electron chi connectivity index (χ3n) is 2.30. The lowest BCUT2D eigenvalue weighted by Crippen LogP contribution is -2.08. The van der Waals surface area contributed by atoms with Crippen molar-refractivity contribution in [1.82, 2.24) is 10.2 Å². The van der Waals surface area contributed by atoms with Crippen LogP contribution in [0.4, 0.5) is 10.8 Å². The van der Waals surface area contributed by atoms with E-state index in [0.29, 0.717) is 22.1 Å². The predicted molar refractivity (Wildman–Crippen MR) is 70.9 cm³/mol. The summed E-state index contributed by atoms with van der Waals surface area (Å²) in [4.78, 5) is 21.4. The molecular formula is C11H10N4O3S. The van der Waals surface area contributed by atoms with E-state index < -0.39 is 4.92 Å². The zero-order chi connectivity index (χ0) is 13.8. The molecule has 19 heavy (non-hydrogen) atoms. The molecule has 1 amide bonds. The number of amides is 1. The summed E-state index contributed by atoms with van der Waals surface area (Å²) in [5, 5.41) is 21.9. The lowest BCUT2D eigenvalue weighted by molar-refractivity contribution is -0.384. The molecular weight excluding hydrogens is 268 g/mol. The third-order valence-corrected chi connectivity index (χ3v) is 3.18.